The lowest BCUT2D eigenvalue weighted by Gasteiger charge is -2.12. The normalized spacial score (nSPS) is 13.5. The molecule has 1 unspecified atom stereocenters. The molecule has 0 spiro atoms. The van der Waals surface area contributed by atoms with E-state index in [9.17, 15) is 5.11 Å². The average molecular weight is 184 g/mol. The molecule has 0 radical (unpaired) electrons. The van der Waals surface area contributed by atoms with Crippen LogP contribution in [-0.4, -0.2) is 23.9 Å². The van der Waals surface area contributed by atoms with Gasteiger partial charge in [-0.25, -0.2) is 0 Å². The van der Waals surface area contributed by atoms with Crippen molar-refractivity contribution in [1.82, 2.24) is 0 Å². The van der Waals surface area contributed by atoms with Gasteiger partial charge in [-0.3, -0.25) is 0 Å². The van der Waals surface area contributed by atoms with Crippen LogP contribution in [0.4, 0.5) is 0 Å². The molecular formula is C10H16O3. The maximum Gasteiger partial charge on any atom is 0.0935 e. The van der Waals surface area contributed by atoms with E-state index in [1.807, 2.05) is 19.9 Å². The van der Waals surface area contributed by atoms with E-state index in [0.29, 0.717) is 13.0 Å². The van der Waals surface area contributed by atoms with Gasteiger partial charge in [0.15, 0.2) is 0 Å². The fourth-order valence-electron chi connectivity index (χ4n) is 1.04. The topological polar surface area (TPSA) is 42.6 Å². The van der Waals surface area contributed by atoms with E-state index >= 15 is 0 Å². The van der Waals surface area contributed by atoms with Gasteiger partial charge in [0.1, 0.15) is 0 Å². The van der Waals surface area contributed by atoms with E-state index in [2.05, 4.69) is 0 Å². The Morgan fingerprint density at radius 3 is 2.85 bits per heavy atom. The second-order valence-corrected chi connectivity index (χ2v) is 3.37. The Morgan fingerprint density at radius 1 is 1.54 bits per heavy atom. The summed E-state index contributed by atoms with van der Waals surface area (Å²) in [4.78, 5) is 0. The Kier molecular flexibility index (Phi) is 3.99. The zero-order chi connectivity index (χ0) is 9.68. The van der Waals surface area contributed by atoms with Gasteiger partial charge in [0.2, 0.25) is 0 Å². The quantitative estimate of drug-likeness (QED) is 0.756. The zero-order valence-corrected chi connectivity index (χ0v) is 8.06. The highest BCUT2D eigenvalue weighted by Gasteiger charge is 2.07. The molecule has 13 heavy (non-hydrogen) atoms. The molecule has 1 atom stereocenters. The van der Waals surface area contributed by atoms with Crippen molar-refractivity contribution in [3.63, 3.8) is 0 Å². The number of aliphatic hydroxyl groups excluding tert-OH is 1. The monoisotopic (exact) mass is 184 g/mol. The molecule has 3 heteroatoms. The highest BCUT2D eigenvalue weighted by atomic mass is 16.5. The third kappa shape index (κ3) is 4.10. The summed E-state index contributed by atoms with van der Waals surface area (Å²) in [5.74, 6) is 0. The molecule has 0 aliphatic rings. The highest BCUT2D eigenvalue weighted by molar-refractivity contribution is 5.06. The molecule has 0 aliphatic heterocycles. The van der Waals surface area contributed by atoms with E-state index in [4.69, 9.17) is 9.15 Å². The molecule has 1 aromatic rings. The van der Waals surface area contributed by atoms with Crippen LogP contribution in [0.3, 0.4) is 0 Å². The molecule has 1 N–H and O–H groups in total. The molecule has 74 valence electrons. The average Bonchev–Trinajstić information content (AvgIpc) is 2.53. The second kappa shape index (κ2) is 5.04. The summed E-state index contributed by atoms with van der Waals surface area (Å²) < 4.78 is 10.2. The lowest BCUT2D eigenvalue weighted by Crippen LogP contribution is -2.20. The SMILES string of the molecule is CC(C)OCC(O)Cc1ccoc1. The minimum Gasteiger partial charge on any atom is -0.472 e. The number of furan rings is 1. The van der Waals surface area contributed by atoms with Crippen molar-refractivity contribution in [1.29, 1.82) is 0 Å². The van der Waals surface area contributed by atoms with E-state index in [1.54, 1.807) is 12.5 Å². The highest BCUT2D eigenvalue weighted by Crippen LogP contribution is 2.04. The number of rotatable bonds is 5. The summed E-state index contributed by atoms with van der Waals surface area (Å²) in [5, 5.41) is 9.50. The summed E-state index contributed by atoms with van der Waals surface area (Å²) in [7, 11) is 0. The zero-order valence-electron chi connectivity index (χ0n) is 8.06. The van der Waals surface area contributed by atoms with Crippen LogP contribution in [0.15, 0.2) is 23.0 Å². The molecule has 1 rings (SSSR count). The Bertz CT molecular complexity index is 216. The lowest BCUT2D eigenvalue weighted by molar-refractivity contribution is 0.00617. The first-order chi connectivity index (χ1) is 6.18. The number of hydrogen-bond donors (Lipinski definition) is 1. The first-order valence-electron chi connectivity index (χ1n) is 4.49. The number of hydrogen-bond acceptors (Lipinski definition) is 3. The fraction of sp³-hybridized carbons (Fsp3) is 0.600. The molecule has 0 saturated carbocycles. The van der Waals surface area contributed by atoms with Crippen molar-refractivity contribution >= 4 is 0 Å². The first-order valence-corrected chi connectivity index (χ1v) is 4.49. The number of ether oxygens (including phenoxy) is 1. The Labute approximate surface area is 78.3 Å². The van der Waals surface area contributed by atoms with E-state index in [1.165, 1.54) is 0 Å². The van der Waals surface area contributed by atoms with Gasteiger partial charge in [-0.05, 0) is 25.5 Å². The van der Waals surface area contributed by atoms with Crippen molar-refractivity contribution in [2.24, 2.45) is 0 Å². The van der Waals surface area contributed by atoms with Crippen molar-refractivity contribution in [3.8, 4) is 0 Å². The minimum absolute atomic E-state index is 0.166. The van der Waals surface area contributed by atoms with E-state index in [0.717, 1.165) is 5.56 Å². The van der Waals surface area contributed by atoms with Gasteiger partial charge < -0.3 is 14.3 Å². The maximum absolute atomic E-state index is 9.50. The molecule has 0 amide bonds. The third-order valence-corrected chi connectivity index (χ3v) is 1.67. The Hall–Kier alpha value is -0.800. The molecule has 1 aromatic heterocycles. The summed E-state index contributed by atoms with van der Waals surface area (Å²) in [5.41, 5.74) is 1.000. The van der Waals surface area contributed by atoms with Gasteiger partial charge >= 0.3 is 0 Å². The van der Waals surface area contributed by atoms with Crippen molar-refractivity contribution in [2.75, 3.05) is 6.61 Å². The fourth-order valence-corrected chi connectivity index (χ4v) is 1.04. The van der Waals surface area contributed by atoms with Crippen LogP contribution in [0.1, 0.15) is 19.4 Å². The first kappa shape index (κ1) is 10.3. The van der Waals surface area contributed by atoms with Gasteiger partial charge in [0, 0.05) is 6.42 Å². The van der Waals surface area contributed by atoms with Crippen LogP contribution >= 0.6 is 0 Å². The molecule has 0 aliphatic carbocycles. The Balaban J connectivity index is 2.22. The maximum atomic E-state index is 9.50. The van der Waals surface area contributed by atoms with Crippen LogP contribution in [0.5, 0.6) is 0 Å². The molecule has 0 saturated heterocycles. The van der Waals surface area contributed by atoms with Crippen LogP contribution in [0.25, 0.3) is 0 Å². The van der Waals surface area contributed by atoms with Gasteiger partial charge in [0.05, 0.1) is 31.3 Å². The van der Waals surface area contributed by atoms with Crippen molar-refractivity contribution in [2.45, 2.75) is 32.5 Å². The predicted molar refractivity (Wildman–Crippen MR) is 49.5 cm³/mol. The summed E-state index contributed by atoms with van der Waals surface area (Å²) in [6, 6.07) is 1.85. The number of aliphatic hydroxyl groups is 1. The third-order valence-electron chi connectivity index (χ3n) is 1.67. The molecule has 0 bridgehead atoms. The van der Waals surface area contributed by atoms with Crippen LogP contribution < -0.4 is 0 Å². The predicted octanol–water partition coefficient (Wildman–Crippen LogP) is 1.61. The van der Waals surface area contributed by atoms with Crippen molar-refractivity contribution in [3.05, 3.63) is 24.2 Å². The van der Waals surface area contributed by atoms with Gasteiger partial charge in [-0.15, -0.1) is 0 Å². The summed E-state index contributed by atoms with van der Waals surface area (Å²) >= 11 is 0. The standard InChI is InChI=1S/C10H16O3/c1-8(2)13-7-10(11)5-9-3-4-12-6-9/h3-4,6,8,10-11H,5,7H2,1-2H3. The largest absolute Gasteiger partial charge is 0.472 e. The van der Waals surface area contributed by atoms with Crippen LogP contribution in [0, 0.1) is 0 Å². The lowest BCUT2D eigenvalue weighted by atomic mass is 10.1. The summed E-state index contributed by atoms with van der Waals surface area (Å²) in [6.45, 7) is 4.28. The van der Waals surface area contributed by atoms with E-state index in [-0.39, 0.29) is 6.10 Å². The molecule has 1 heterocycles. The molecule has 0 fully saturated rings. The van der Waals surface area contributed by atoms with Crippen molar-refractivity contribution < 1.29 is 14.3 Å². The minimum atomic E-state index is -0.444. The second-order valence-electron chi connectivity index (χ2n) is 3.37. The Morgan fingerprint density at radius 2 is 2.31 bits per heavy atom. The van der Waals surface area contributed by atoms with Crippen LogP contribution in [0.2, 0.25) is 0 Å². The smallest absolute Gasteiger partial charge is 0.0935 e. The summed E-state index contributed by atoms with van der Waals surface area (Å²) in [6.07, 6.45) is 3.55. The molecule has 0 aromatic carbocycles. The van der Waals surface area contributed by atoms with Crippen LogP contribution in [-0.2, 0) is 11.2 Å². The van der Waals surface area contributed by atoms with Gasteiger partial charge in [-0.1, -0.05) is 0 Å². The van der Waals surface area contributed by atoms with E-state index < -0.39 is 6.10 Å². The van der Waals surface area contributed by atoms with Gasteiger partial charge in [0.25, 0.3) is 0 Å². The molecular weight excluding hydrogens is 168 g/mol. The van der Waals surface area contributed by atoms with Gasteiger partial charge in [-0.2, -0.15) is 0 Å². The molecule has 3 nitrogen and oxygen atoms in total.